The van der Waals surface area contributed by atoms with Crippen LogP contribution in [0.4, 0.5) is 9.59 Å². The van der Waals surface area contributed by atoms with Gasteiger partial charge < -0.3 is 29.2 Å². The van der Waals surface area contributed by atoms with Crippen molar-refractivity contribution in [3.05, 3.63) is 0 Å². The number of hydrogen-bond donors (Lipinski definition) is 2. The third-order valence-electron chi connectivity index (χ3n) is 1.64. The Kier molecular flexibility index (Phi) is 4.80. The topological polar surface area (TPSA) is 112 Å². The van der Waals surface area contributed by atoms with Gasteiger partial charge in [0.05, 0.1) is 6.61 Å². The Bertz CT molecular complexity index is 252. The molecule has 2 N–H and O–H groups in total. The maximum Gasteiger partial charge on any atom is 0.508 e. The van der Waals surface area contributed by atoms with Crippen LogP contribution in [-0.4, -0.2) is 61.2 Å². The van der Waals surface area contributed by atoms with Gasteiger partial charge in [-0.2, -0.15) is 0 Å². The Morgan fingerprint density at radius 2 is 2.31 bits per heavy atom. The third kappa shape index (κ3) is 4.32. The summed E-state index contributed by atoms with van der Waals surface area (Å²) < 4.78 is 18.0. The number of ether oxygens (including phenoxy) is 4. The van der Waals surface area contributed by atoms with E-state index in [9.17, 15) is 9.59 Å². The van der Waals surface area contributed by atoms with Crippen LogP contribution < -0.4 is 0 Å². The SMILES string of the molecule is O=C(OCC(O)CO)OCC1COC(=O)O1. The van der Waals surface area contributed by atoms with Crippen LogP contribution in [0.5, 0.6) is 0 Å². The molecule has 0 bridgehead atoms. The molecule has 1 heterocycles. The number of carbonyl (C=O) groups excluding carboxylic acids is 2. The van der Waals surface area contributed by atoms with Gasteiger partial charge in [-0.15, -0.1) is 0 Å². The van der Waals surface area contributed by atoms with E-state index in [4.69, 9.17) is 10.2 Å². The lowest BCUT2D eigenvalue weighted by Crippen LogP contribution is -2.25. The Labute approximate surface area is 90.7 Å². The highest BCUT2D eigenvalue weighted by atomic mass is 16.8. The number of aliphatic hydroxyl groups excluding tert-OH is 2. The van der Waals surface area contributed by atoms with Gasteiger partial charge in [0.2, 0.25) is 0 Å². The van der Waals surface area contributed by atoms with E-state index in [1.54, 1.807) is 0 Å². The molecule has 8 heteroatoms. The van der Waals surface area contributed by atoms with Crippen LogP contribution in [0, 0.1) is 0 Å². The first kappa shape index (κ1) is 12.5. The minimum Gasteiger partial charge on any atom is -0.431 e. The van der Waals surface area contributed by atoms with Crippen molar-refractivity contribution < 1.29 is 38.7 Å². The molecule has 0 spiro atoms. The van der Waals surface area contributed by atoms with Crippen LogP contribution in [0.15, 0.2) is 0 Å². The molecule has 16 heavy (non-hydrogen) atoms. The lowest BCUT2D eigenvalue weighted by Gasteiger charge is -2.10. The fourth-order valence-electron chi connectivity index (χ4n) is 0.867. The molecule has 1 fully saturated rings. The normalized spacial score (nSPS) is 20.9. The zero-order valence-electron chi connectivity index (χ0n) is 8.33. The van der Waals surface area contributed by atoms with Crippen molar-refractivity contribution in [2.24, 2.45) is 0 Å². The second-order valence-electron chi connectivity index (χ2n) is 3.01. The van der Waals surface area contributed by atoms with E-state index in [2.05, 4.69) is 18.9 Å². The molecular weight excluding hydrogens is 224 g/mol. The van der Waals surface area contributed by atoms with Crippen molar-refractivity contribution in [1.29, 1.82) is 0 Å². The summed E-state index contributed by atoms with van der Waals surface area (Å²) in [7, 11) is 0. The molecule has 1 saturated heterocycles. The molecule has 1 rings (SSSR count). The molecule has 0 aliphatic carbocycles. The summed E-state index contributed by atoms with van der Waals surface area (Å²) in [5.41, 5.74) is 0. The van der Waals surface area contributed by atoms with Crippen molar-refractivity contribution >= 4 is 12.3 Å². The minimum absolute atomic E-state index is 0.0192. The lowest BCUT2D eigenvalue weighted by molar-refractivity contribution is -0.0105. The largest absolute Gasteiger partial charge is 0.508 e. The molecule has 0 radical (unpaired) electrons. The average molecular weight is 236 g/mol. The van der Waals surface area contributed by atoms with Crippen molar-refractivity contribution in [3.8, 4) is 0 Å². The van der Waals surface area contributed by atoms with E-state index in [0.717, 1.165) is 0 Å². The number of aliphatic hydroxyl groups is 2. The molecular formula is C8H12O8. The van der Waals surface area contributed by atoms with E-state index in [-0.39, 0.29) is 19.8 Å². The van der Waals surface area contributed by atoms with Crippen molar-refractivity contribution in [1.82, 2.24) is 0 Å². The van der Waals surface area contributed by atoms with Gasteiger partial charge in [-0.1, -0.05) is 0 Å². The van der Waals surface area contributed by atoms with Gasteiger partial charge in [0.25, 0.3) is 0 Å². The van der Waals surface area contributed by atoms with Gasteiger partial charge in [-0.25, -0.2) is 9.59 Å². The van der Waals surface area contributed by atoms with E-state index in [1.165, 1.54) is 0 Å². The summed E-state index contributed by atoms with van der Waals surface area (Å²) in [6.07, 6.45) is -3.60. The molecule has 0 aromatic carbocycles. The number of rotatable bonds is 5. The first-order chi connectivity index (χ1) is 7.61. The lowest BCUT2D eigenvalue weighted by atomic mass is 10.4. The number of carbonyl (C=O) groups is 2. The highest BCUT2D eigenvalue weighted by molar-refractivity contribution is 5.62. The van der Waals surface area contributed by atoms with Crippen LogP contribution in [0.3, 0.4) is 0 Å². The van der Waals surface area contributed by atoms with E-state index < -0.39 is 31.1 Å². The van der Waals surface area contributed by atoms with Crippen LogP contribution in [0.25, 0.3) is 0 Å². The number of cyclic esters (lactones) is 2. The first-order valence-corrected chi connectivity index (χ1v) is 4.53. The van der Waals surface area contributed by atoms with E-state index >= 15 is 0 Å². The van der Waals surface area contributed by atoms with Crippen molar-refractivity contribution in [2.75, 3.05) is 26.4 Å². The van der Waals surface area contributed by atoms with Gasteiger partial charge in [0, 0.05) is 0 Å². The van der Waals surface area contributed by atoms with Crippen molar-refractivity contribution in [2.45, 2.75) is 12.2 Å². The van der Waals surface area contributed by atoms with Gasteiger partial charge >= 0.3 is 12.3 Å². The molecule has 1 aliphatic rings. The standard InChI is InChI=1S/C8H12O8/c9-1-5(10)2-13-7(11)14-3-6-4-15-8(12)16-6/h5-6,9-10H,1-4H2. The smallest absolute Gasteiger partial charge is 0.431 e. The second-order valence-corrected chi connectivity index (χ2v) is 3.01. The molecule has 0 saturated carbocycles. The summed E-state index contributed by atoms with van der Waals surface area (Å²) in [6.45, 7) is -1.04. The van der Waals surface area contributed by atoms with E-state index in [1.807, 2.05) is 0 Å². The van der Waals surface area contributed by atoms with Crippen LogP contribution >= 0.6 is 0 Å². The summed E-state index contributed by atoms with van der Waals surface area (Å²) >= 11 is 0. The molecule has 92 valence electrons. The Hall–Kier alpha value is -1.54. The molecule has 0 aromatic rings. The van der Waals surface area contributed by atoms with Gasteiger partial charge in [0.15, 0.2) is 6.10 Å². The predicted octanol–water partition coefficient (Wildman–Crippen LogP) is -0.972. The molecule has 8 nitrogen and oxygen atoms in total. The predicted molar refractivity (Wildman–Crippen MR) is 46.6 cm³/mol. The molecule has 0 amide bonds. The molecule has 0 aromatic heterocycles. The highest BCUT2D eigenvalue weighted by Gasteiger charge is 2.26. The zero-order valence-corrected chi connectivity index (χ0v) is 8.33. The number of hydrogen-bond acceptors (Lipinski definition) is 8. The average Bonchev–Trinajstić information content (AvgIpc) is 2.69. The zero-order chi connectivity index (χ0) is 12.0. The van der Waals surface area contributed by atoms with E-state index in [0.29, 0.717) is 0 Å². The Morgan fingerprint density at radius 3 is 2.88 bits per heavy atom. The van der Waals surface area contributed by atoms with Crippen molar-refractivity contribution in [3.63, 3.8) is 0 Å². The van der Waals surface area contributed by atoms with Gasteiger partial charge in [-0.05, 0) is 0 Å². The summed E-state index contributed by atoms with van der Waals surface area (Å²) in [5, 5.41) is 17.3. The second kappa shape index (κ2) is 6.13. The molecule has 1 aliphatic heterocycles. The maximum atomic E-state index is 10.9. The quantitative estimate of drug-likeness (QED) is 0.586. The Morgan fingerprint density at radius 1 is 1.56 bits per heavy atom. The summed E-state index contributed by atoms with van der Waals surface area (Å²) in [5.74, 6) is 0. The Balaban J connectivity index is 2.08. The van der Waals surface area contributed by atoms with Crippen LogP contribution in [0.1, 0.15) is 0 Å². The third-order valence-corrected chi connectivity index (χ3v) is 1.64. The maximum absolute atomic E-state index is 10.9. The summed E-state index contributed by atoms with van der Waals surface area (Å²) in [4.78, 5) is 21.4. The minimum atomic E-state index is -1.14. The monoisotopic (exact) mass is 236 g/mol. The molecule has 2 atom stereocenters. The molecule has 2 unspecified atom stereocenters. The fraction of sp³-hybridized carbons (Fsp3) is 0.750. The highest BCUT2D eigenvalue weighted by Crippen LogP contribution is 2.06. The van der Waals surface area contributed by atoms with Crippen LogP contribution in [0.2, 0.25) is 0 Å². The fourth-order valence-corrected chi connectivity index (χ4v) is 0.867. The first-order valence-electron chi connectivity index (χ1n) is 4.53. The van der Waals surface area contributed by atoms with Crippen LogP contribution in [-0.2, 0) is 18.9 Å². The van der Waals surface area contributed by atoms with Gasteiger partial charge in [0.1, 0.15) is 25.9 Å². The van der Waals surface area contributed by atoms with Gasteiger partial charge in [-0.3, -0.25) is 0 Å². The summed E-state index contributed by atoms with van der Waals surface area (Å²) in [6, 6.07) is 0.